The Morgan fingerprint density at radius 1 is 1.26 bits per heavy atom. The number of hydrogen-bond acceptors (Lipinski definition) is 4. The standard InChI is InChI=1S/C21H26N2O4/c1-14-9-15(2)20-16(12-26-17(20)10-14)11-19(25)23-6-4-21(5-7-23)13-22-18(24)3-8-27-21/h9-10,12H,3-8,11,13H2,1-2H3,(H,22,24). The molecule has 0 saturated carbocycles. The van der Waals surface area contributed by atoms with Crippen LogP contribution in [0.1, 0.15) is 36.0 Å². The number of fused-ring (bicyclic) bond motifs is 1. The van der Waals surface area contributed by atoms with Gasteiger partial charge in [0, 0.05) is 37.0 Å². The van der Waals surface area contributed by atoms with Crippen LogP contribution in [0.3, 0.4) is 0 Å². The molecule has 0 atom stereocenters. The number of likely N-dealkylation sites (tertiary alicyclic amines) is 1. The monoisotopic (exact) mass is 370 g/mol. The zero-order valence-corrected chi connectivity index (χ0v) is 16.0. The lowest BCUT2D eigenvalue weighted by atomic mass is 9.90. The van der Waals surface area contributed by atoms with E-state index in [0.29, 0.717) is 39.1 Å². The van der Waals surface area contributed by atoms with E-state index in [1.165, 1.54) is 0 Å². The number of nitrogens with one attached hydrogen (secondary N) is 1. The summed E-state index contributed by atoms with van der Waals surface area (Å²) in [6.45, 7) is 6.41. The Hall–Kier alpha value is -2.34. The van der Waals surface area contributed by atoms with Crippen LogP contribution in [0, 0.1) is 13.8 Å². The van der Waals surface area contributed by atoms with Crippen molar-refractivity contribution in [2.75, 3.05) is 26.2 Å². The number of ether oxygens (including phenoxy) is 1. The molecule has 2 aromatic rings. The van der Waals surface area contributed by atoms with E-state index >= 15 is 0 Å². The van der Waals surface area contributed by atoms with E-state index in [2.05, 4.69) is 18.3 Å². The smallest absolute Gasteiger partial charge is 0.227 e. The maximum absolute atomic E-state index is 12.9. The number of carbonyl (C=O) groups is 2. The van der Waals surface area contributed by atoms with Crippen molar-refractivity contribution in [3.63, 3.8) is 0 Å². The first-order chi connectivity index (χ1) is 13.0. The molecule has 6 nitrogen and oxygen atoms in total. The number of benzene rings is 1. The van der Waals surface area contributed by atoms with Crippen LogP contribution in [0.25, 0.3) is 11.0 Å². The van der Waals surface area contributed by atoms with Crippen LogP contribution in [-0.4, -0.2) is 48.6 Å². The zero-order chi connectivity index (χ0) is 19.0. The van der Waals surface area contributed by atoms with Gasteiger partial charge in [-0.25, -0.2) is 0 Å². The molecule has 2 aliphatic rings. The van der Waals surface area contributed by atoms with Crippen molar-refractivity contribution in [2.24, 2.45) is 0 Å². The minimum Gasteiger partial charge on any atom is -0.464 e. The van der Waals surface area contributed by atoms with Crippen molar-refractivity contribution in [2.45, 2.75) is 45.1 Å². The fourth-order valence-electron chi connectivity index (χ4n) is 4.28. The van der Waals surface area contributed by atoms with Gasteiger partial charge in [0.1, 0.15) is 5.58 Å². The second-order valence-electron chi connectivity index (χ2n) is 7.83. The first-order valence-electron chi connectivity index (χ1n) is 9.62. The predicted octanol–water partition coefficient (Wildman–Crippen LogP) is 2.49. The maximum atomic E-state index is 12.9. The number of hydrogen-bond donors (Lipinski definition) is 1. The van der Waals surface area contributed by atoms with E-state index in [1.54, 1.807) is 6.26 Å². The summed E-state index contributed by atoms with van der Waals surface area (Å²) in [4.78, 5) is 26.3. The van der Waals surface area contributed by atoms with Gasteiger partial charge < -0.3 is 19.4 Å². The maximum Gasteiger partial charge on any atom is 0.227 e. The third-order valence-electron chi connectivity index (χ3n) is 5.81. The molecule has 2 aliphatic heterocycles. The molecule has 0 radical (unpaired) electrons. The van der Waals surface area contributed by atoms with E-state index in [4.69, 9.17) is 9.15 Å². The number of rotatable bonds is 2. The molecular weight excluding hydrogens is 344 g/mol. The fourth-order valence-corrected chi connectivity index (χ4v) is 4.28. The van der Waals surface area contributed by atoms with Gasteiger partial charge >= 0.3 is 0 Å². The Labute approximate surface area is 158 Å². The largest absolute Gasteiger partial charge is 0.464 e. The lowest BCUT2D eigenvalue weighted by Gasteiger charge is -2.40. The van der Waals surface area contributed by atoms with Crippen LogP contribution >= 0.6 is 0 Å². The van der Waals surface area contributed by atoms with Gasteiger partial charge in [-0.3, -0.25) is 9.59 Å². The Morgan fingerprint density at radius 3 is 2.81 bits per heavy atom. The lowest BCUT2D eigenvalue weighted by molar-refractivity contribution is -0.136. The SMILES string of the molecule is Cc1cc(C)c2c(CC(=O)N3CCC4(CC3)CNC(=O)CCO4)coc2c1. The van der Waals surface area contributed by atoms with E-state index in [0.717, 1.165) is 40.5 Å². The van der Waals surface area contributed by atoms with Crippen LogP contribution in [0.4, 0.5) is 0 Å². The summed E-state index contributed by atoms with van der Waals surface area (Å²) >= 11 is 0. The number of piperidine rings is 1. The molecule has 4 rings (SSSR count). The first kappa shape index (κ1) is 18.0. The second-order valence-corrected chi connectivity index (χ2v) is 7.83. The van der Waals surface area contributed by atoms with Crippen LogP contribution in [-0.2, 0) is 20.7 Å². The molecule has 6 heteroatoms. The van der Waals surface area contributed by atoms with E-state index in [1.807, 2.05) is 17.9 Å². The van der Waals surface area contributed by atoms with Crippen LogP contribution < -0.4 is 5.32 Å². The molecule has 0 bridgehead atoms. The summed E-state index contributed by atoms with van der Waals surface area (Å²) in [5, 5.41) is 3.99. The molecule has 0 unspecified atom stereocenters. The number of furan rings is 1. The molecule has 2 fully saturated rings. The Kier molecular flexibility index (Phi) is 4.68. The summed E-state index contributed by atoms with van der Waals surface area (Å²) in [6, 6.07) is 4.13. The fraction of sp³-hybridized carbons (Fsp3) is 0.524. The second kappa shape index (κ2) is 7.00. The molecular formula is C21H26N2O4. The predicted molar refractivity (Wildman–Crippen MR) is 102 cm³/mol. The molecule has 3 heterocycles. The van der Waals surface area contributed by atoms with Crippen molar-refractivity contribution in [1.82, 2.24) is 10.2 Å². The van der Waals surface area contributed by atoms with Crippen LogP contribution in [0.5, 0.6) is 0 Å². The van der Waals surface area contributed by atoms with Crippen LogP contribution in [0.2, 0.25) is 0 Å². The highest BCUT2D eigenvalue weighted by Crippen LogP contribution is 2.30. The summed E-state index contributed by atoms with van der Waals surface area (Å²) in [5.74, 6) is 0.160. The van der Waals surface area contributed by atoms with Crippen molar-refractivity contribution >= 4 is 22.8 Å². The Balaban J connectivity index is 1.42. The highest BCUT2D eigenvalue weighted by molar-refractivity contribution is 5.90. The normalized spacial score (nSPS) is 19.9. The molecule has 0 aliphatic carbocycles. The molecule has 1 aromatic carbocycles. The molecule has 144 valence electrons. The number of aryl methyl sites for hydroxylation is 2. The van der Waals surface area contributed by atoms with Gasteiger partial charge in [0.15, 0.2) is 0 Å². The minimum absolute atomic E-state index is 0.0443. The average Bonchev–Trinajstić information content (AvgIpc) is 2.94. The van der Waals surface area contributed by atoms with Gasteiger partial charge in [-0.15, -0.1) is 0 Å². The van der Waals surface area contributed by atoms with Crippen molar-refractivity contribution in [3.05, 3.63) is 35.1 Å². The van der Waals surface area contributed by atoms with E-state index < -0.39 is 0 Å². The van der Waals surface area contributed by atoms with Gasteiger partial charge in [0.05, 0.1) is 24.9 Å². The highest BCUT2D eigenvalue weighted by atomic mass is 16.5. The van der Waals surface area contributed by atoms with Gasteiger partial charge in [0.25, 0.3) is 0 Å². The zero-order valence-electron chi connectivity index (χ0n) is 16.0. The average molecular weight is 370 g/mol. The lowest BCUT2D eigenvalue weighted by Crippen LogP contribution is -2.52. The molecule has 1 aromatic heterocycles. The summed E-state index contributed by atoms with van der Waals surface area (Å²) in [5.41, 5.74) is 3.77. The Bertz CT molecular complexity index is 878. The number of nitrogens with zero attached hydrogens (tertiary/aromatic N) is 1. The third-order valence-corrected chi connectivity index (χ3v) is 5.81. The molecule has 1 spiro atoms. The summed E-state index contributed by atoms with van der Waals surface area (Å²) in [7, 11) is 0. The summed E-state index contributed by atoms with van der Waals surface area (Å²) in [6.07, 6.45) is 3.98. The van der Waals surface area contributed by atoms with Crippen molar-refractivity contribution in [1.29, 1.82) is 0 Å². The van der Waals surface area contributed by atoms with Gasteiger partial charge in [0.2, 0.25) is 11.8 Å². The minimum atomic E-state index is -0.320. The first-order valence-corrected chi connectivity index (χ1v) is 9.62. The van der Waals surface area contributed by atoms with Crippen molar-refractivity contribution < 1.29 is 18.7 Å². The summed E-state index contributed by atoms with van der Waals surface area (Å²) < 4.78 is 11.7. The Morgan fingerprint density at radius 2 is 2.04 bits per heavy atom. The van der Waals surface area contributed by atoms with Crippen molar-refractivity contribution in [3.8, 4) is 0 Å². The molecule has 2 saturated heterocycles. The van der Waals surface area contributed by atoms with Gasteiger partial charge in [-0.1, -0.05) is 6.07 Å². The highest BCUT2D eigenvalue weighted by Gasteiger charge is 2.38. The van der Waals surface area contributed by atoms with E-state index in [-0.39, 0.29) is 17.4 Å². The topological polar surface area (TPSA) is 71.8 Å². The molecule has 2 amide bonds. The number of carbonyl (C=O) groups excluding carboxylic acids is 2. The van der Waals surface area contributed by atoms with Gasteiger partial charge in [-0.2, -0.15) is 0 Å². The van der Waals surface area contributed by atoms with Crippen LogP contribution in [0.15, 0.2) is 22.8 Å². The quantitative estimate of drug-likeness (QED) is 0.882. The van der Waals surface area contributed by atoms with E-state index in [9.17, 15) is 9.59 Å². The molecule has 1 N–H and O–H groups in total. The third kappa shape index (κ3) is 3.58. The van der Waals surface area contributed by atoms with Gasteiger partial charge in [-0.05, 0) is 43.9 Å². The molecule has 27 heavy (non-hydrogen) atoms. The number of amides is 2.